The first kappa shape index (κ1) is 36.8. The van der Waals surface area contributed by atoms with Gasteiger partial charge >= 0.3 is 0 Å². The number of rotatable bonds is 8. The van der Waals surface area contributed by atoms with Gasteiger partial charge in [0, 0.05) is 0 Å². The molecule has 2 aliphatic carbocycles. The summed E-state index contributed by atoms with van der Waals surface area (Å²) in [5.41, 5.74) is -0.383. The summed E-state index contributed by atoms with van der Waals surface area (Å²) in [5.74, 6) is 0. The fourth-order valence-corrected chi connectivity index (χ4v) is 5.26. The van der Waals surface area contributed by atoms with E-state index in [-0.39, 0.29) is 23.3 Å². The second-order valence-corrected chi connectivity index (χ2v) is 14.5. The molecule has 0 saturated heterocycles. The van der Waals surface area contributed by atoms with Gasteiger partial charge in [-0.2, -0.15) is 0 Å². The Morgan fingerprint density at radius 2 is 0.913 bits per heavy atom. The lowest BCUT2D eigenvalue weighted by atomic mass is 9.78. The van der Waals surface area contributed by atoms with Crippen molar-refractivity contribution in [1.82, 2.24) is 10.0 Å². The van der Waals surface area contributed by atoms with Gasteiger partial charge in [-0.1, -0.05) is 60.7 Å². The lowest BCUT2D eigenvalue weighted by molar-refractivity contribution is -0.720. The topological polar surface area (TPSA) is 142 Å². The third-order valence-electron chi connectivity index (χ3n) is 9.13. The van der Waals surface area contributed by atoms with Crippen molar-refractivity contribution in [1.29, 1.82) is 0 Å². The molecule has 0 radical (unpaired) electrons. The molecule has 12 heteroatoms. The van der Waals surface area contributed by atoms with Crippen LogP contribution in [0.1, 0.15) is 104 Å². The first-order chi connectivity index (χ1) is 21.4. The van der Waals surface area contributed by atoms with Gasteiger partial charge in [0.1, 0.15) is 12.2 Å². The van der Waals surface area contributed by atoms with Gasteiger partial charge in [-0.05, 0) is 104 Å². The minimum Gasteiger partial charge on any atom is -0.569 e. The fourth-order valence-electron chi connectivity index (χ4n) is 5.26. The molecule has 0 amide bonds. The maximum absolute atomic E-state index is 11.9. The van der Waals surface area contributed by atoms with E-state index in [0.29, 0.717) is 61.3 Å². The van der Waals surface area contributed by atoms with Gasteiger partial charge in [0.15, 0.2) is 0 Å². The molecule has 256 valence electrons. The van der Waals surface area contributed by atoms with Crippen molar-refractivity contribution in [3.8, 4) is 0 Å². The summed E-state index contributed by atoms with van der Waals surface area (Å²) in [4.78, 5) is 11.7. The summed E-state index contributed by atoms with van der Waals surface area (Å²) >= 11 is 0. The molecule has 0 atom stereocenters. The van der Waals surface area contributed by atoms with Crippen molar-refractivity contribution in [2.75, 3.05) is 14.1 Å². The largest absolute Gasteiger partial charge is 0.569 e. The summed E-state index contributed by atoms with van der Waals surface area (Å²) in [6, 6.07) is 19.4. The average molecular weight is 643 g/mol. The van der Waals surface area contributed by atoms with Crippen LogP contribution in [0.25, 0.3) is 0 Å². The van der Waals surface area contributed by atoms with E-state index >= 15 is 0 Å². The average Bonchev–Trinajstić information content (AvgIpc) is 3.03. The molecule has 2 aromatic carbocycles. The zero-order valence-electron chi connectivity index (χ0n) is 28.8. The normalized spacial score (nSPS) is 26.0. The number of hydrogen-bond donors (Lipinski definition) is 2. The van der Waals surface area contributed by atoms with Crippen LogP contribution in [-0.2, 0) is 20.9 Å². The highest BCUT2D eigenvalue weighted by Crippen LogP contribution is 2.39. The standard InChI is InChI=1S/2C17H27N3O3/c2*1-16(2,3)19(4)20(22)18-23-15-10-12-17(21,13-11-15)14-8-6-5-7-9-14/h2*5-9,15,21H,10-13H2,1-4H3/b2*20-18-. The number of nitrogens with zero attached hydrogens (tertiary/aromatic N) is 6. The van der Waals surface area contributed by atoms with Crippen molar-refractivity contribution in [3.05, 3.63) is 82.2 Å². The van der Waals surface area contributed by atoms with Gasteiger partial charge in [0.2, 0.25) is 10.6 Å². The van der Waals surface area contributed by atoms with Crippen LogP contribution in [-0.4, -0.2) is 67.6 Å². The van der Waals surface area contributed by atoms with E-state index in [1.807, 2.05) is 102 Å². The van der Waals surface area contributed by atoms with Crippen LogP contribution < -0.4 is 0 Å². The Labute approximate surface area is 274 Å². The summed E-state index contributed by atoms with van der Waals surface area (Å²) in [6.07, 6.45) is 4.81. The van der Waals surface area contributed by atoms with Crippen molar-refractivity contribution in [2.24, 2.45) is 10.6 Å². The molecular weight excluding hydrogens is 588 g/mol. The van der Waals surface area contributed by atoms with E-state index in [2.05, 4.69) is 10.6 Å². The van der Waals surface area contributed by atoms with Crippen LogP contribution in [0.5, 0.6) is 0 Å². The Balaban J connectivity index is 0.000000250. The minimum absolute atomic E-state index is 0.135. The lowest BCUT2D eigenvalue weighted by Crippen LogP contribution is -2.42. The van der Waals surface area contributed by atoms with Gasteiger partial charge in [-0.15, -0.1) is 10.0 Å². The van der Waals surface area contributed by atoms with E-state index in [4.69, 9.17) is 9.68 Å². The van der Waals surface area contributed by atoms with Crippen molar-refractivity contribution < 1.29 is 29.8 Å². The van der Waals surface area contributed by atoms with E-state index in [1.54, 1.807) is 14.1 Å². The summed E-state index contributed by atoms with van der Waals surface area (Å²) in [6.45, 7) is 11.5. The van der Waals surface area contributed by atoms with E-state index in [0.717, 1.165) is 11.1 Å². The van der Waals surface area contributed by atoms with Crippen LogP contribution in [0.3, 0.4) is 0 Å². The van der Waals surface area contributed by atoms with Crippen molar-refractivity contribution in [3.63, 3.8) is 0 Å². The fraction of sp³-hybridized carbons (Fsp3) is 0.647. The maximum atomic E-state index is 11.9. The second kappa shape index (κ2) is 15.3. The first-order valence-electron chi connectivity index (χ1n) is 16.2. The Kier molecular flexibility index (Phi) is 12.2. The quantitative estimate of drug-likeness (QED) is 0.184. The first-order valence-corrected chi connectivity index (χ1v) is 16.2. The molecule has 2 saturated carbocycles. The van der Waals surface area contributed by atoms with Crippen molar-refractivity contribution >= 4 is 0 Å². The minimum atomic E-state index is -0.805. The monoisotopic (exact) mass is 642 g/mol. The molecule has 0 bridgehead atoms. The van der Waals surface area contributed by atoms with Gasteiger partial charge in [-0.25, -0.2) is 0 Å². The smallest absolute Gasteiger partial charge is 0.233 e. The van der Waals surface area contributed by atoms with Gasteiger partial charge < -0.3 is 30.3 Å². The highest BCUT2D eigenvalue weighted by molar-refractivity contribution is 5.23. The highest BCUT2D eigenvalue weighted by atomic mass is 16.7. The Morgan fingerprint density at radius 1 is 0.630 bits per heavy atom. The van der Waals surface area contributed by atoms with Crippen LogP contribution in [0.15, 0.2) is 71.2 Å². The van der Waals surface area contributed by atoms with Crippen LogP contribution in [0.4, 0.5) is 0 Å². The molecule has 0 spiro atoms. The molecule has 46 heavy (non-hydrogen) atoms. The number of aliphatic hydroxyl groups is 2. The maximum Gasteiger partial charge on any atom is 0.233 e. The second-order valence-electron chi connectivity index (χ2n) is 14.5. The number of hydrogen-bond acceptors (Lipinski definition) is 8. The van der Waals surface area contributed by atoms with Crippen molar-refractivity contribution in [2.45, 2.75) is 127 Å². The number of hydrazine groups is 2. The molecule has 2 aliphatic rings. The highest BCUT2D eigenvalue weighted by Gasteiger charge is 2.37. The van der Waals surface area contributed by atoms with Crippen LogP contribution >= 0.6 is 0 Å². The van der Waals surface area contributed by atoms with Gasteiger partial charge in [0.25, 0.3) is 0 Å². The molecule has 0 unspecified atom stereocenters. The molecule has 4 rings (SSSR count). The van der Waals surface area contributed by atoms with Crippen LogP contribution in [0.2, 0.25) is 0 Å². The van der Waals surface area contributed by atoms with Gasteiger partial charge in [-0.3, -0.25) is 0 Å². The predicted molar refractivity (Wildman–Crippen MR) is 175 cm³/mol. The summed E-state index contributed by atoms with van der Waals surface area (Å²) < 4.78 is 0. The molecule has 0 aromatic heterocycles. The van der Waals surface area contributed by atoms with Gasteiger partial charge in [0.05, 0.1) is 46.3 Å². The third kappa shape index (κ3) is 10.2. The Bertz CT molecular complexity index is 1160. The Hall–Kier alpha value is -3.64. The number of benzene rings is 2. The molecule has 0 aliphatic heterocycles. The molecule has 12 nitrogen and oxygen atoms in total. The lowest BCUT2D eigenvalue weighted by Gasteiger charge is -2.35. The zero-order chi connectivity index (χ0) is 34.2. The zero-order valence-corrected chi connectivity index (χ0v) is 28.8. The Morgan fingerprint density at radius 3 is 1.17 bits per heavy atom. The summed E-state index contributed by atoms with van der Waals surface area (Å²) in [7, 11) is 3.35. The SMILES string of the molecule is CN(/[N+]([O-])=N/OC1CCC(O)(c2ccccc2)CC1)C(C)(C)C.CN(/[N+]([O-])=N/OC1CCC(O)(c2ccccc2)CC1)C(C)(C)C. The molecular formula is C34H54N6O6. The van der Waals surface area contributed by atoms with E-state index < -0.39 is 11.2 Å². The van der Waals surface area contributed by atoms with E-state index in [9.17, 15) is 20.6 Å². The molecule has 2 N–H and O–H groups in total. The molecule has 0 heterocycles. The van der Waals surface area contributed by atoms with E-state index in [1.165, 1.54) is 10.0 Å². The molecule has 2 aromatic rings. The third-order valence-corrected chi connectivity index (χ3v) is 9.13. The predicted octanol–water partition coefficient (Wildman–Crippen LogP) is 6.71. The van der Waals surface area contributed by atoms with Crippen LogP contribution in [0, 0.1) is 10.4 Å². The molecule has 2 fully saturated rings. The summed E-state index contributed by atoms with van der Waals surface area (Å²) in [5, 5.41) is 55.5.